The number of carbonyl (C=O) groups is 1. The number of aromatic nitrogens is 1. The van der Waals surface area contributed by atoms with Gasteiger partial charge in [-0.2, -0.15) is 0 Å². The zero-order valence-electron chi connectivity index (χ0n) is 14.9. The van der Waals surface area contributed by atoms with Crippen LogP contribution in [0.3, 0.4) is 0 Å². The molecule has 6 heteroatoms. The van der Waals surface area contributed by atoms with Crippen LogP contribution in [-0.2, 0) is 0 Å². The molecule has 0 fully saturated rings. The van der Waals surface area contributed by atoms with Gasteiger partial charge in [0, 0.05) is 11.9 Å². The molecule has 0 aliphatic carbocycles. The standard InChI is InChI=1S/C19H25N3O3/c1-13-8-9-15(12-21-13)14(2)22-19(23)16-6-4-7-17(24-3)18(16)25-11-5-10-20/h4,6-9,12,14H,5,10-11,20H2,1-3H3,(H,22,23)/t14-/m1/s1. The third-order valence-corrected chi connectivity index (χ3v) is 3.82. The van der Waals surface area contributed by atoms with Gasteiger partial charge >= 0.3 is 0 Å². The molecule has 0 unspecified atom stereocenters. The lowest BCUT2D eigenvalue weighted by Crippen LogP contribution is -2.27. The minimum absolute atomic E-state index is 0.177. The van der Waals surface area contributed by atoms with Crippen LogP contribution in [0.2, 0.25) is 0 Å². The van der Waals surface area contributed by atoms with E-state index in [0.717, 1.165) is 11.3 Å². The number of hydrogen-bond acceptors (Lipinski definition) is 5. The molecule has 1 aromatic heterocycles. The van der Waals surface area contributed by atoms with E-state index in [0.29, 0.717) is 36.6 Å². The monoisotopic (exact) mass is 343 g/mol. The minimum Gasteiger partial charge on any atom is -0.493 e. The van der Waals surface area contributed by atoms with Crippen molar-refractivity contribution in [2.45, 2.75) is 26.3 Å². The highest BCUT2D eigenvalue weighted by Crippen LogP contribution is 2.31. The molecule has 0 saturated carbocycles. The average Bonchev–Trinajstić information content (AvgIpc) is 2.62. The predicted octanol–water partition coefficient (Wildman–Crippen LogP) is 2.62. The molecule has 1 heterocycles. The van der Waals surface area contributed by atoms with Gasteiger partial charge in [-0.15, -0.1) is 0 Å². The Bertz CT molecular complexity index is 702. The maximum atomic E-state index is 12.7. The first-order valence-electron chi connectivity index (χ1n) is 8.30. The van der Waals surface area contributed by atoms with Crippen molar-refractivity contribution >= 4 is 5.91 Å². The fourth-order valence-electron chi connectivity index (χ4n) is 2.35. The molecule has 134 valence electrons. The Morgan fingerprint density at radius 1 is 1.32 bits per heavy atom. The lowest BCUT2D eigenvalue weighted by molar-refractivity contribution is 0.0935. The highest BCUT2D eigenvalue weighted by Gasteiger charge is 2.19. The topological polar surface area (TPSA) is 86.5 Å². The van der Waals surface area contributed by atoms with Crippen LogP contribution in [0.1, 0.15) is 41.0 Å². The molecule has 0 radical (unpaired) electrons. The number of ether oxygens (including phenoxy) is 2. The van der Waals surface area contributed by atoms with E-state index in [-0.39, 0.29) is 11.9 Å². The fraction of sp³-hybridized carbons (Fsp3) is 0.368. The van der Waals surface area contributed by atoms with Crippen LogP contribution in [0, 0.1) is 6.92 Å². The number of nitrogens with zero attached hydrogens (tertiary/aromatic N) is 1. The summed E-state index contributed by atoms with van der Waals surface area (Å²) in [6.07, 6.45) is 2.47. The van der Waals surface area contributed by atoms with Crippen molar-refractivity contribution in [3.05, 3.63) is 53.3 Å². The number of rotatable bonds is 8. The van der Waals surface area contributed by atoms with E-state index < -0.39 is 0 Å². The summed E-state index contributed by atoms with van der Waals surface area (Å²) in [5.74, 6) is 0.731. The molecule has 2 aromatic rings. The van der Waals surface area contributed by atoms with Crippen LogP contribution in [0.25, 0.3) is 0 Å². The Kier molecular flexibility index (Phi) is 6.77. The van der Waals surface area contributed by atoms with E-state index in [1.54, 1.807) is 31.5 Å². The Morgan fingerprint density at radius 2 is 2.12 bits per heavy atom. The molecule has 1 atom stereocenters. The molecular weight excluding hydrogens is 318 g/mol. The molecule has 0 spiro atoms. The summed E-state index contributed by atoms with van der Waals surface area (Å²) in [5.41, 5.74) is 7.81. The van der Waals surface area contributed by atoms with Crippen LogP contribution in [-0.4, -0.2) is 31.2 Å². The van der Waals surface area contributed by atoms with E-state index in [1.165, 1.54) is 0 Å². The SMILES string of the molecule is COc1cccc(C(=O)N[C@H](C)c2ccc(C)nc2)c1OCCCN. The Labute approximate surface area is 148 Å². The van der Waals surface area contributed by atoms with E-state index in [9.17, 15) is 4.79 Å². The largest absolute Gasteiger partial charge is 0.493 e. The van der Waals surface area contributed by atoms with Gasteiger partial charge in [-0.3, -0.25) is 9.78 Å². The van der Waals surface area contributed by atoms with E-state index >= 15 is 0 Å². The highest BCUT2D eigenvalue weighted by atomic mass is 16.5. The normalized spacial score (nSPS) is 11.7. The van der Waals surface area contributed by atoms with Crippen LogP contribution in [0.4, 0.5) is 0 Å². The van der Waals surface area contributed by atoms with Gasteiger partial charge in [0.2, 0.25) is 0 Å². The summed E-state index contributed by atoms with van der Waals surface area (Å²) >= 11 is 0. The van der Waals surface area contributed by atoms with Crippen LogP contribution < -0.4 is 20.5 Å². The van der Waals surface area contributed by atoms with Gasteiger partial charge in [0.25, 0.3) is 5.91 Å². The lowest BCUT2D eigenvalue weighted by Gasteiger charge is -2.18. The number of nitrogens with two attached hydrogens (primary N) is 1. The second-order valence-electron chi connectivity index (χ2n) is 5.76. The van der Waals surface area contributed by atoms with E-state index in [4.69, 9.17) is 15.2 Å². The van der Waals surface area contributed by atoms with Crippen molar-refractivity contribution in [3.8, 4) is 11.5 Å². The molecule has 0 aliphatic heterocycles. The van der Waals surface area contributed by atoms with Crippen molar-refractivity contribution in [2.75, 3.05) is 20.3 Å². The summed E-state index contributed by atoms with van der Waals surface area (Å²) in [6, 6.07) is 8.95. The van der Waals surface area contributed by atoms with Crippen molar-refractivity contribution in [3.63, 3.8) is 0 Å². The molecule has 0 bridgehead atoms. The van der Waals surface area contributed by atoms with E-state index in [2.05, 4.69) is 10.3 Å². The van der Waals surface area contributed by atoms with Crippen molar-refractivity contribution < 1.29 is 14.3 Å². The zero-order chi connectivity index (χ0) is 18.2. The number of methoxy groups -OCH3 is 1. The lowest BCUT2D eigenvalue weighted by atomic mass is 10.1. The third-order valence-electron chi connectivity index (χ3n) is 3.82. The molecule has 0 aliphatic rings. The summed E-state index contributed by atoms with van der Waals surface area (Å²) in [5, 5.41) is 2.97. The van der Waals surface area contributed by atoms with Gasteiger partial charge in [0.1, 0.15) is 0 Å². The number of nitrogens with one attached hydrogen (secondary N) is 1. The van der Waals surface area contributed by atoms with Crippen molar-refractivity contribution in [1.29, 1.82) is 0 Å². The molecule has 6 nitrogen and oxygen atoms in total. The summed E-state index contributed by atoms with van der Waals surface area (Å²) in [4.78, 5) is 17.0. The average molecular weight is 343 g/mol. The first kappa shape index (κ1) is 18.7. The molecule has 25 heavy (non-hydrogen) atoms. The van der Waals surface area contributed by atoms with Gasteiger partial charge in [0.05, 0.1) is 25.3 Å². The second kappa shape index (κ2) is 9.03. The Balaban J connectivity index is 2.18. The van der Waals surface area contributed by atoms with Gasteiger partial charge in [0.15, 0.2) is 11.5 Å². The zero-order valence-corrected chi connectivity index (χ0v) is 14.9. The molecule has 2 rings (SSSR count). The summed E-state index contributed by atoms with van der Waals surface area (Å²) < 4.78 is 11.1. The number of aryl methyl sites for hydroxylation is 1. The number of carbonyl (C=O) groups excluding carboxylic acids is 1. The van der Waals surface area contributed by atoms with Gasteiger partial charge in [-0.1, -0.05) is 12.1 Å². The second-order valence-corrected chi connectivity index (χ2v) is 5.76. The van der Waals surface area contributed by atoms with Gasteiger partial charge < -0.3 is 20.5 Å². The van der Waals surface area contributed by atoms with Gasteiger partial charge in [-0.05, 0) is 50.6 Å². The van der Waals surface area contributed by atoms with Gasteiger partial charge in [-0.25, -0.2) is 0 Å². The first-order valence-corrected chi connectivity index (χ1v) is 8.30. The third kappa shape index (κ3) is 4.93. The maximum Gasteiger partial charge on any atom is 0.255 e. The molecule has 1 amide bonds. The predicted molar refractivity (Wildman–Crippen MR) is 97.0 cm³/mol. The Hall–Kier alpha value is -2.60. The molecular formula is C19H25N3O3. The van der Waals surface area contributed by atoms with Crippen LogP contribution in [0.15, 0.2) is 36.5 Å². The molecule has 0 saturated heterocycles. The minimum atomic E-state index is -0.227. The number of pyridine rings is 1. The molecule has 3 N–H and O–H groups in total. The molecule has 1 aromatic carbocycles. The number of benzene rings is 1. The maximum absolute atomic E-state index is 12.7. The number of hydrogen-bond donors (Lipinski definition) is 2. The van der Waals surface area contributed by atoms with Crippen molar-refractivity contribution in [1.82, 2.24) is 10.3 Å². The highest BCUT2D eigenvalue weighted by molar-refractivity contribution is 5.98. The Morgan fingerprint density at radius 3 is 2.76 bits per heavy atom. The number of amides is 1. The summed E-state index contributed by atoms with van der Waals surface area (Å²) in [7, 11) is 1.55. The van der Waals surface area contributed by atoms with Crippen LogP contribution >= 0.6 is 0 Å². The first-order chi connectivity index (χ1) is 12.1. The number of para-hydroxylation sites is 1. The quantitative estimate of drug-likeness (QED) is 0.720. The van der Waals surface area contributed by atoms with Crippen molar-refractivity contribution in [2.24, 2.45) is 5.73 Å². The van der Waals surface area contributed by atoms with E-state index in [1.807, 2.05) is 26.0 Å². The fourth-order valence-corrected chi connectivity index (χ4v) is 2.35. The summed E-state index contributed by atoms with van der Waals surface area (Å²) in [6.45, 7) is 4.79. The smallest absolute Gasteiger partial charge is 0.255 e. The van der Waals surface area contributed by atoms with Crippen LogP contribution in [0.5, 0.6) is 11.5 Å².